The molecule has 17 heavy (non-hydrogen) atoms. The van der Waals surface area contributed by atoms with Crippen LogP contribution in [0.1, 0.15) is 17.6 Å². The number of amidine groups is 1. The van der Waals surface area contributed by atoms with Gasteiger partial charge in [-0.05, 0) is 41.9 Å². The highest BCUT2D eigenvalue weighted by atomic mass is 35.5. The molecule has 0 spiro atoms. The Labute approximate surface area is 103 Å². The van der Waals surface area contributed by atoms with E-state index in [0.29, 0.717) is 5.29 Å². The molecule has 1 N–H and O–H groups in total. The van der Waals surface area contributed by atoms with Crippen molar-refractivity contribution in [2.24, 2.45) is 4.99 Å². The highest BCUT2D eigenvalue weighted by Crippen LogP contribution is 2.27. The van der Waals surface area contributed by atoms with Gasteiger partial charge in [0.1, 0.15) is 17.6 Å². The van der Waals surface area contributed by atoms with E-state index >= 15 is 0 Å². The molecule has 1 unspecified atom stereocenters. The minimum absolute atomic E-state index is 0.223. The third-order valence-electron chi connectivity index (χ3n) is 2.44. The number of nitrogens with zero attached hydrogens (tertiary/aromatic N) is 1. The van der Waals surface area contributed by atoms with Crippen LogP contribution < -0.4 is 5.32 Å². The highest BCUT2D eigenvalue weighted by molar-refractivity contribution is 6.65. The van der Waals surface area contributed by atoms with Crippen LogP contribution in [-0.4, -0.2) is 5.29 Å². The molecule has 0 fully saturated rings. The Bertz CT molecular complexity index is 555. The zero-order valence-electron chi connectivity index (χ0n) is 8.76. The fourth-order valence-corrected chi connectivity index (χ4v) is 1.89. The summed E-state index contributed by atoms with van der Waals surface area (Å²) in [6.45, 7) is 0. The summed E-state index contributed by atoms with van der Waals surface area (Å²) in [4.78, 5) is 4.24. The summed E-state index contributed by atoms with van der Waals surface area (Å²) in [5.41, 5.74) is 0.788. The van der Waals surface area contributed by atoms with Crippen LogP contribution in [0.2, 0.25) is 0 Å². The first-order chi connectivity index (χ1) is 8.33. The van der Waals surface area contributed by atoms with Gasteiger partial charge in [0.2, 0.25) is 0 Å². The normalized spacial score (nSPS) is 19.5. The van der Waals surface area contributed by atoms with Gasteiger partial charge >= 0.3 is 0 Å². The monoisotopic (exact) mass is 248 g/mol. The zero-order valence-corrected chi connectivity index (χ0v) is 9.52. The van der Waals surface area contributed by atoms with Crippen molar-refractivity contribution < 1.29 is 8.83 Å². The predicted molar refractivity (Wildman–Crippen MR) is 64.6 cm³/mol. The van der Waals surface area contributed by atoms with Crippen LogP contribution in [0.15, 0.2) is 56.7 Å². The molecular formula is C12H9ClN2O2. The van der Waals surface area contributed by atoms with Crippen molar-refractivity contribution in [2.45, 2.75) is 6.04 Å². The number of halogens is 1. The Morgan fingerprint density at radius 1 is 1.18 bits per heavy atom. The molecule has 0 radical (unpaired) electrons. The van der Waals surface area contributed by atoms with Gasteiger partial charge in [0, 0.05) is 0 Å². The number of rotatable bonds is 2. The number of hydrogen-bond acceptors (Lipinski definition) is 4. The SMILES string of the molecule is ClC1=NC(c2ccco2)C=C(c2ccco2)N1. The summed E-state index contributed by atoms with van der Waals surface area (Å²) in [7, 11) is 0. The molecule has 2 aromatic rings. The molecule has 0 bridgehead atoms. The van der Waals surface area contributed by atoms with Gasteiger partial charge in [-0.15, -0.1) is 0 Å². The Morgan fingerprint density at radius 3 is 2.71 bits per heavy atom. The maximum Gasteiger partial charge on any atom is 0.196 e. The quantitative estimate of drug-likeness (QED) is 0.831. The lowest BCUT2D eigenvalue weighted by Crippen LogP contribution is -2.21. The van der Waals surface area contributed by atoms with Crippen molar-refractivity contribution in [3.05, 3.63) is 54.4 Å². The number of hydrogen-bond donors (Lipinski definition) is 1. The summed E-state index contributed by atoms with van der Waals surface area (Å²) in [6.07, 6.45) is 5.13. The second kappa shape index (κ2) is 4.14. The molecular weight excluding hydrogens is 240 g/mol. The largest absolute Gasteiger partial charge is 0.467 e. The number of nitrogens with one attached hydrogen (secondary N) is 1. The molecule has 3 rings (SSSR count). The van der Waals surface area contributed by atoms with Crippen LogP contribution in [0.25, 0.3) is 5.70 Å². The molecule has 0 saturated carbocycles. The van der Waals surface area contributed by atoms with Crippen LogP contribution in [0.5, 0.6) is 0 Å². The lowest BCUT2D eigenvalue weighted by Gasteiger charge is -2.16. The van der Waals surface area contributed by atoms with E-state index in [2.05, 4.69) is 10.3 Å². The maximum absolute atomic E-state index is 5.95. The predicted octanol–water partition coefficient (Wildman–Crippen LogP) is 3.15. The van der Waals surface area contributed by atoms with Gasteiger partial charge in [0.05, 0.1) is 18.2 Å². The van der Waals surface area contributed by atoms with Crippen molar-refractivity contribution in [3.63, 3.8) is 0 Å². The first-order valence-corrected chi connectivity index (χ1v) is 5.50. The lowest BCUT2D eigenvalue weighted by atomic mass is 10.1. The summed E-state index contributed by atoms with van der Waals surface area (Å²) in [6, 6.07) is 7.13. The van der Waals surface area contributed by atoms with E-state index in [1.165, 1.54) is 0 Å². The Hall–Kier alpha value is -1.94. The van der Waals surface area contributed by atoms with Gasteiger partial charge < -0.3 is 14.2 Å². The average Bonchev–Trinajstić information content (AvgIpc) is 3.02. The average molecular weight is 249 g/mol. The molecule has 1 aliphatic rings. The summed E-state index contributed by atoms with van der Waals surface area (Å²) < 4.78 is 10.6. The third kappa shape index (κ3) is 1.99. The second-order valence-corrected chi connectivity index (χ2v) is 3.92. The molecule has 86 valence electrons. The zero-order chi connectivity index (χ0) is 11.7. The Kier molecular flexibility index (Phi) is 2.49. The second-order valence-electron chi connectivity index (χ2n) is 3.56. The fraction of sp³-hybridized carbons (Fsp3) is 0.0833. The number of aliphatic imine (C=N–C) groups is 1. The van der Waals surface area contributed by atoms with Gasteiger partial charge in [-0.1, -0.05) is 0 Å². The van der Waals surface area contributed by atoms with Gasteiger partial charge in [0.25, 0.3) is 0 Å². The van der Waals surface area contributed by atoms with E-state index in [4.69, 9.17) is 20.4 Å². The van der Waals surface area contributed by atoms with Crippen molar-refractivity contribution in [2.75, 3.05) is 0 Å². The van der Waals surface area contributed by atoms with E-state index in [1.54, 1.807) is 12.5 Å². The molecule has 1 aliphatic heterocycles. The minimum atomic E-state index is -0.223. The van der Waals surface area contributed by atoms with Crippen molar-refractivity contribution in [3.8, 4) is 0 Å². The van der Waals surface area contributed by atoms with E-state index in [9.17, 15) is 0 Å². The first-order valence-electron chi connectivity index (χ1n) is 5.12. The third-order valence-corrected chi connectivity index (χ3v) is 2.63. The van der Waals surface area contributed by atoms with Crippen LogP contribution in [0.4, 0.5) is 0 Å². The first kappa shape index (κ1) is 10.2. The molecule has 2 aromatic heterocycles. The van der Waals surface area contributed by atoms with Crippen LogP contribution in [0.3, 0.4) is 0 Å². The van der Waals surface area contributed by atoms with Crippen LogP contribution in [0, 0.1) is 0 Å². The molecule has 1 atom stereocenters. The summed E-state index contributed by atoms with van der Waals surface area (Å²) in [5.74, 6) is 1.46. The van der Waals surface area contributed by atoms with Gasteiger partial charge in [-0.3, -0.25) is 0 Å². The van der Waals surface area contributed by atoms with Gasteiger partial charge in [-0.2, -0.15) is 0 Å². The van der Waals surface area contributed by atoms with Crippen LogP contribution in [-0.2, 0) is 0 Å². The molecule has 3 heterocycles. The Balaban J connectivity index is 1.97. The molecule has 0 saturated heterocycles. The van der Waals surface area contributed by atoms with Gasteiger partial charge in [0.15, 0.2) is 5.29 Å². The standard InChI is InChI=1S/C12H9ClN2O2/c13-12-14-8(10-3-1-5-16-10)7-9(15-12)11-4-2-6-17-11/h1-8H,(H,14,15). The smallest absolute Gasteiger partial charge is 0.196 e. The van der Waals surface area contributed by atoms with E-state index < -0.39 is 0 Å². The van der Waals surface area contributed by atoms with Crippen molar-refractivity contribution in [1.29, 1.82) is 0 Å². The molecule has 5 heteroatoms. The van der Waals surface area contributed by atoms with E-state index in [0.717, 1.165) is 17.2 Å². The summed E-state index contributed by atoms with van der Waals surface area (Å²) in [5, 5.41) is 3.27. The Morgan fingerprint density at radius 2 is 2.00 bits per heavy atom. The van der Waals surface area contributed by atoms with Crippen molar-refractivity contribution in [1.82, 2.24) is 5.32 Å². The summed E-state index contributed by atoms with van der Waals surface area (Å²) >= 11 is 5.95. The molecule has 0 aromatic carbocycles. The lowest BCUT2D eigenvalue weighted by molar-refractivity contribution is 0.492. The van der Waals surface area contributed by atoms with Gasteiger partial charge in [-0.25, -0.2) is 4.99 Å². The molecule has 0 aliphatic carbocycles. The minimum Gasteiger partial charge on any atom is -0.467 e. The molecule has 0 amide bonds. The van der Waals surface area contributed by atoms with Crippen LogP contribution >= 0.6 is 11.6 Å². The fourth-order valence-electron chi connectivity index (χ4n) is 1.68. The highest BCUT2D eigenvalue weighted by Gasteiger charge is 2.19. The topological polar surface area (TPSA) is 50.7 Å². The molecule has 4 nitrogen and oxygen atoms in total. The van der Waals surface area contributed by atoms with E-state index in [-0.39, 0.29) is 6.04 Å². The van der Waals surface area contributed by atoms with Crippen molar-refractivity contribution >= 4 is 22.6 Å². The van der Waals surface area contributed by atoms with E-state index in [1.807, 2.05) is 30.3 Å². The number of furan rings is 2. The maximum atomic E-state index is 5.95.